The van der Waals surface area contributed by atoms with E-state index in [9.17, 15) is 5.11 Å². The highest BCUT2D eigenvalue weighted by Gasteiger charge is 2.32. The molecule has 0 aliphatic carbocycles. The monoisotopic (exact) mass is 301 g/mol. The second-order valence-electron chi connectivity index (χ2n) is 5.38. The summed E-state index contributed by atoms with van der Waals surface area (Å²) in [7, 11) is 1.54. The lowest BCUT2D eigenvalue weighted by Crippen LogP contribution is -2.22. The zero-order valence-corrected chi connectivity index (χ0v) is 12.4. The predicted molar refractivity (Wildman–Crippen MR) is 82.6 cm³/mol. The summed E-state index contributed by atoms with van der Waals surface area (Å²) < 4.78 is 5.11. The minimum atomic E-state index is -0.427. The van der Waals surface area contributed by atoms with E-state index in [1.807, 2.05) is 23.1 Å². The third kappa shape index (κ3) is 3.09. The van der Waals surface area contributed by atoms with E-state index in [2.05, 4.69) is 15.0 Å². The van der Waals surface area contributed by atoms with Crippen molar-refractivity contribution in [2.45, 2.75) is 12.5 Å². The van der Waals surface area contributed by atoms with Gasteiger partial charge in [-0.05, 0) is 18.6 Å². The predicted octanol–water partition coefficient (Wildman–Crippen LogP) is 0.502. The number of nitrogens with two attached hydrogens (primary N) is 1. The summed E-state index contributed by atoms with van der Waals surface area (Å²) in [5.41, 5.74) is 6.67. The second-order valence-corrected chi connectivity index (χ2v) is 5.38. The molecule has 0 bridgehead atoms. The molecule has 3 N–H and O–H groups in total. The van der Waals surface area contributed by atoms with E-state index in [1.165, 1.54) is 7.11 Å². The molecule has 1 fully saturated rings. The smallest absolute Gasteiger partial charge is 0.225 e. The van der Waals surface area contributed by atoms with Crippen molar-refractivity contribution in [3.8, 4) is 5.88 Å². The number of hydrogen-bond acceptors (Lipinski definition) is 7. The average molecular weight is 301 g/mol. The van der Waals surface area contributed by atoms with Gasteiger partial charge < -0.3 is 20.5 Å². The van der Waals surface area contributed by atoms with Crippen LogP contribution < -0.4 is 15.4 Å². The molecule has 7 heteroatoms. The number of aliphatic hydroxyl groups excluding tert-OH is 1. The summed E-state index contributed by atoms with van der Waals surface area (Å²) in [6.07, 6.45) is 2.07. The molecule has 1 aliphatic heterocycles. The van der Waals surface area contributed by atoms with Crippen LogP contribution in [-0.2, 0) is 6.42 Å². The fourth-order valence-electron chi connectivity index (χ4n) is 2.73. The van der Waals surface area contributed by atoms with Gasteiger partial charge in [-0.3, -0.25) is 4.98 Å². The lowest BCUT2D eigenvalue weighted by atomic mass is 10.00. The fraction of sp³-hybridized carbons (Fsp3) is 0.400. The summed E-state index contributed by atoms with van der Waals surface area (Å²) in [6, 6.07) is 7.54. The molecule has 116 valence electrons. The number of aromatic nitrogens is 3. The molecule has 0 amide bonds. The van der Waals surface area contributed by atoms with Crippen LogP contribution >= 0.6 is 0 Å². The molecule has 3 rings (SSSR count). The van der Waals surface area contributed by atoms with Crippen LogP contribution in [-0.4, -0.2) is 46.4 Å². The van der Waals surface area contributed by atoms with Crippen molar-refractivity contribution >= 4 is 11.8 Å². The van der Waals surface area contributed by atoms with Crippen LogP contribution in [0.1, 0.15) is 5.69 Å². The molecule has 0 aromatic carbocycles. The zero-order valence-electron chi connectivity index (χ0n) is 12.4. The van der Waals surface area contributed by atoms with Crippen molar-refractivity contribution in [3.63, 3.8) is 0 Å². The summed E-state index contributed by atoms with van der Waals surface area (Å²) in [5.74, 6) is 1.37. The van der Waals surface area contributed by atoms with E-state index < -0.39 is 6.10 Å². The van der Waals surface area contributed by atoms with Gasteiger partial charge >= 0.3 is 0 Å². The van der Waals surface area contributed by atoms with E-state index in [0.29, 0.717) is 24.8 Å². The molecule has 7 nitrogen and oxygen atoms in total. The lowest BCUT2D eigenvalue weighted by molar-refractivity contribution is 0.148. The van der Waals surface area contributed by atoms with E-state index in [-0.39, 0.29) is 11.9 Å². The Bertz CT molecular complexity index is 637. The first-order chi connectivity index (χ1) is 10.7. The number of nitrogens with zero attached hydrogens (tertiary/aromatic N) is 4. The molecule has 2 atom stereocenters. The quantitative estimate of drug-likeness (QED) is 0.848. The minimum absolute atomic E-state index is 0.108. The average Bonchev–Trinajstić information content (AvgIpc) is 2.89. The minimum Gasteiger partial charge on any atom is -0.481 e. The van der Waals surface area contributed by atoms with Crippen molar-refractivity contribution in [3.05, 3.63) is 36.2 Å². The molecular weight excluding hydrogens is 282 g/mol. The zero-order chi connectivity index (χ0) is 15.5. The van der Waals surface area contributed by atoms with E-state index >= 15 is 0 Å². The maximum atomic E-state index is 10.3. The molecule has 1 saturated heterocycles. The van der Waals surface area contributed by atoms with Crippen molar-refractivity contribution in [1.82, 2.24) is 15.0 Å². The molecule has 3 heterocycles. The van der Waals surface area contributed by atoms with Crippen LogP contribution in [0.15, 0.2) is 30.5 Å². The van der Waals surface area contributed by atoms with Crippen molar-refractivity contribution in [1.29, 1.82) is 0 Å². The Morgan fingerprint density at radius 1 is 1.36 bits per heavy atom. The second kappa shape index (κ2) is 6.15. The topological polar surface area (TPSA) is 97.4 Å². The van der Waals surface area contributed by atoms with Gasteiger partial charge in [-0.2, -0.15) is 9.97 Å². The highest BCUT2D eigenvalue weighted by molar-refractivity contribution is 5.46. The Hall–Kier alpha value is -2.41. The van der Waals surface area contributed by atoms with Gasteiger partial charge in [0.2, 0.25) is 11.8 Å². The van der Waals surface area contributed by atoms with Gasteiger partial charge in [-0.25, -0.2) is 0 Å². The number of rotatable bonds is 4. The first-order valence-corrected chi connectivity index (χ1v) is 7.17. The summed E-state index contributed by atoms with van der Waals surface area (Å²) in [5, 5.41) is 10.3. The van der Waals surface area contributed by atoms with Crippen LogP contribution in [0.3, 0.4) is 0 Å². The number of anilines is 2. The van der Waals surface area contributed by atoms with Crippen LogP contribution in [0.25, 0.3) is 0 Å². The molecule has 0 unspecified atom stereocenters. The first kappa shape index (κ1) is 14.5. The van der Waals surface area contributed by atoms with Gasteiger partial charge in [0, 0.05) is 37.0 Å². The molecule has 1 aliphatic rings. The Kier molecular flexibility index (Phi) is 4.06. The number of pyridine rings is 1. The van der Waals surface area contributed by atoms with Crippen molar-refractivity contribution in [2.24, 2.45) is 5.92 Å². The van der Waals surface area contributed by atoms with Crippen LogP contribution in [0, 0.1) is 5.92 Å². The third-order valence-electron chi connectivity index (χ3n) is 3.84. The largest absolute Gasteiger partial charge is 0.481 e. The van der Waals surface area contributed by atoms with Crippen molar-refractivity contribution < 1.29 is 9.84 Å². The Morgan fingerprint density at radius 2 is 2.23 bits per heavy atom. The third-order valence-corrected chi connectivity index (χ3v) is 3.84. The van der Waals surface area contributed by atoms with Gasteiger partial charge in [0.1, 0.15) is 5.82 Å². The van der Waals surface area contributed by atoms with Gasteiger partial charge in [-0.1, -0.05) is 6.07 Å². The standard InChI is InChI=1S/C15H19N5O2/c1-22-14-7-13(18-15(16)19-14)20-8-10(12(21)9-20)6-11-4-2-3-5-17-11/h2-5,7,10,12,21H,6,8-9H2,1H3,(H2,16,18,19)/t10-,12-/m1/s1. The fourth-order valence-corrected chi connectivity index (χ4v) is 2.73. The highest BCUT2D eigenvalue weighted by Crippen LogP contribution is 2.27. The maximum absolute atomic E-state index is 10.3. The van der Waals surface area contributed by atoms with Crippen LogP contribution in [0.5, 0.6) is 5.88 Å². The Morgan fingerprint density at radius 3 is 2.95 bits per heavy atom. The number of β-amino-alcohol motifs (C(OH)–C–C–N with tert-alkyl or cyclic N) is 1. The Labute approximate surface area is 128 Å². The van der Waals surface area contributed by atoms with Crippen LogP contribution in [0.2, 0.25) is 0 Å². The first-order valence-electron chi connectivity index (χ1n) is 7.17. The van der Waals surface area contributed by atoms with Gasteiger partial charge in [0.05, 0.1) is 13.2 Å². The van der Waals surface area contributed by atoms with Crippen molar-refractivity contribution in [2.75, 3.05) is 30.8 Å². The molecule has 0 spiro atoms. The molecular formula is C15H19N5O2. The molecule has 2 aromatic heterocycles. The summed E-state index contributed by atoms with van der Waals surface area (Å²) in [6.45, 7) is 1.20. The maximum Gasteiger partial charge on any atom is 0.225 e. The number of hydrogen-bond donors (Lipinski definition) is 2. The van der Waals surface area contributed by atoms with Gasteiger partial charge in [-0.15, -0.1) is 0 Å². The number of methoxy groups -OCH3 is 1. The highest BCUT2D eigenvalue weighted by atomic mass is 16.5. The SMILES string of the molecule is COc1cc(N2C[C@@H](Cc3ccccn3)[C@H](O)C2)nc(N)n1. The normalized spacial score (nSPS) is 21.1. The number of nitrogen functional groups attached to an aromatic ring is 1. The Balaban J connectivity index is 1.74. The molecule has 0 radical (unpaired) electrons. The number of ether oxygens (including phenoxy) is 1. The van der Waals surface area contributed by atoms with E-state index in [1.54, 1.807) is 12.3 Å². The van der Waals surface area contributed by atoms with E-state index in [4.69, 9.17) is 10.5 Å². The van der Waals surface area contributed by atoms with Gasteiger partial charge in [0.25, 0.3) is 0 Å². The molecule has 22 heavy (non-hydrogen) atoms. The lowest BCUT2D eigenvalue weighted by Gasteiger charge is -2.17. The summed E-state index contributed by atoms with van der Waals surface area (Å²) in [4.78, 5) is 14.5. The molecule has 2 aromatic rings. The molecule has 0 saturated carbocycles. The van der Waals surface area contributed by atoms with E-state index in [0.717, 1.165) is 12.1 Å². The van der Waals surface area contributed by atoms with Crippen LogP contribution in [0.4, 0.5) is 11.8 Å². The van der Waals surface area contributed by atoms with Gasteiger partial charge in [0.15, 0.2) is 0 Å². The number of aliphatic hydroxyl groups is 1. The summed E-state index contributed by atoms with van der Waals surface area (Å²) >= 11 is 0.